The molecule has 8 heteroatoms. The number of aromatic nitrogens is 8. The van der Waals surface area contributed by atoms with Gasteiger partial charge in [-0.3, -0.25) is 8.80 Å². The van der Waals surface area contributed by atoms with Crippen molar-refractivity contribution in [3.63, 3.8) is 0 Å². The van der Waals surface area contributed by atoms with Crippen LogP contribution in [0, 0.1) is 0 Å². The molecule has 0 N–H and O–H groups in total. The van der Waals surface area contributed by atoms with Crippen LogP contribution in [0.25, 0.3) is 123 Å². The Hall–Kier alpha value is -9.66. The first kappa shape index (κ1) is 39.5. The summed E-state index contributed by atoms with van der Waals surface area (Å²) in [5.41, 5.74) is 17.3. The van der Waals surface area contributed by atoms with Crippen LogP contribution in [-0.4, -0.2) is 37.9 Å². The van der Waals surface area contributed by atoms with Crippen LogP contribution in [-0.2, 0) is 0 Å². The summed E-state index contributed by atoms with van der Waals surface area (Å²) in [7, 11) is 0. The number of hydrogen-bond acceptors (Lipinski definition) is 4. The third-order valence-electron chi connectivity index (χ3n) is 13.6. The highest BCUT2D eigenvalue weighted by molar-refractivity contribution is 6.24. The summed E-state index contributed by atoms with van der Waals surface area (Å²) < 4.78 is 8.89. The number of fused-ring (bicyclic) bond motifs is 7. The third-order valence-corrected chi connectivity index (χ3v) is 13.6. The van der Waals surface area contributed by atoms with Crippen LogP contribution in [0.15, 0.2) is 243 Å². The van der Waals surface area contributed by atoms with E-state index in [4.69, 9.17) is 9.97 Å². The molecule has 6 aromatic heterocycles. The summed E-state index contributed by atoms with van der Waals surface area (Å²) in [5, 5.41) is 4.63. The van der Waals surface area contributed by atoms with E-state index in [1.165, 1.54) is 21.9 Å². The van der Waals surface area contributed by atoms with Crippen LogP contribution in [0.1, 0.15) is 0 Å². The van der Waals surface area contributed by atoms with Crippen molar-refractivity contribution >= 4 is 44.1 Å². The van der Waals surface area contributed by atoms with E-state index in [0.29, 0.717) is 11.6 Å². The van der Waals surface area contributed by atoms with Crippen molar-refractivity contribution in [2.24, 2.45) is 0 Å². The van der Waals surface area contributed by atoms with E-state index < -0.39 is 0 Å². The normalized spacial score (nSPS) is 11.7. The van der Waals surface area contributed by atoms with Gasteiger partial charge in [-0.2, -0.15) is 0 Å². The van der Waals surface area contributed by atoms with Crippen LogP contribution in [0.5, 0.6) is 0 Å². The highest BCUT2D eigenvalue weighted by Crippen LogP contribution is 2.49. The van der Waals surface area contributed by atoms with Crippen LogP contribution in [0.2, 0.25) is 0 Å². The van der Waals surface area contributed by atoms with Crippen molar-refractivity contribution in [1.29, 1.82) is 0 Å². The summed E-state index contributed by atoms with van der Waals surface area (Å²) in [5.74, 6) is 1.34. The molecule has 0 aliphatic heterocycles. The van der Waals surface area contributed by atoms with Gasteiger partial charge in [0.15, 0.2) is 0 Å². The minimum Gasteiger partial charge on any atom is -0.308 e. The molecule has 0 fully saturated rings. The molecule has 0 unspecified atom stereocenters. The molecule has 328 valence electrons. The second-order valence-electron chi connectivity index (χ2n) is 17.6. The lowest BCUT2D eigenvalue weighted by atomic mass is 9.95. The summed E-state index contributed by atoms with van der Waals surface area (Å²) in [6.07, 6.45) is 11.6. The zero-order valence-corrected chi connectivity index (χ0v) is 37.7. The largest absolute Gasteiger partial charge is 0.308 e. The van der Waals surface area contributed by atoms with Crippen molar-refractivity contribution in [3.8, 4) is 78.7 Å². The number of imidazole rings is 2. The fourth-order valence-corrected chi connectivity index (χ4v) is 10.5. The molecular formula is C62H40N8. The fraction of sp³-hybridized carbons (Fsp3) is 0. The maximum absolute atomic E-state index is 4.87. The zero-order chi connectivity index (χ0) is 46.1. The number of nitrogens with zero attached hydrogens (tertiary/aromatic N) is 8. The maximum atomic E-state index is 4.87. The molecule has 6 heterocycles. The van der Waals surface area contributed by atoms with Gasteiger partial charge < -0.3 is 9.13 Å². The Balaban J connectivity index is 1.08. The Morgan fingerprint density at radius 3 is 1.03 bits per heavy atom. The molecule has 0 spiro atoms. The molecule has 0 bridgehead atoms. The molecule has 0 saturated heterocycles. The first-order valence-corrected chi connectivity index (χ1v) is 23.4. The third kappa shape index (κ3) is 6.31. The molecule has 0 radical (unpaired) electrons. The van der Waals surface area contributed by atoms with E-state index in [0.717, 1.165) is 89.3 Å². The first-order chi connectivity index (χ1) is 34.7. The quantitative estimate of drug-likeness (QED) is 0.152. The lowest BCUT2D eigenvalue weighted by Gasteiger charge is -2.16. The molecule has 0 aliphatic rings. The Morgan fingerprint density at radius 1 is 0.300 bits per heavy atom. The Kier molecular flexibility index (Phi) is 9.03. The van der Waals surface area contributed by atoms with E-state index in [2.05, 4.69) is 213 Å². The van der Waals surface area contributed by atoms with Crippen LogP contribution >= 0.6 is 0 Å². The van der Waals surface area contributed by atoms with Crippen LogP contribution in [0.4, 0.5) is 0 Å². The van der Waals surface area contributed by atoms with Gasteiger partial charge >= 0.3 is 0 Å². The molecule has 14 rings (SSSR count). The second-order valence-corrected chi connectivity index (χ2v) is 17.6. The van der Waals surface area contributed by atoms with Gasteiger partial charge in [-0.25, -0.2) is 19.9 Å². The molecule has 70 heavy (non-hydrogen) atoms. The molecule has 0 aliphatic carbocycles. The Labute approximate surface area is 402 Å². The summed E-state index contributed by atoms with van der Waals surface area (Å²) in [4.78, 5) is 18.7. The SMILES string of the molecule is c1ccc(-c2c(-c3ccccc3)n(-c3ccc(-c4cn5cccnc5n4)cc3)c3c2ccc2c3ccc3c(-c4ccccc4)c(-c4ccccc4)n(-c4ccc(-c5cn6cccnc6n5)cc4)c32)cc1. The molecule has 8 aromatic carbocycles. The van der Waals surface area contributed by atoms with E-state index >= 15 is 0 Å². The van der Waals surface area contributed by atoms with Crippen molar-refractivity contribution in [2.45, 2.75) is 0 Å². The van der Waals surface area contributed by atoms with E-state index in [1.807, 2.05) is 45.7 Å². The lowest BCUT2D eigenvalue weighted by Crippen LogP contribution is -2.00. The molecule has 14 aromatic rings. The first-order valence-electron chi connectivity index (χ1n) is 23.4. The van der Waals surface area contributed by atoms with Gasteiger partial charge in [0.05, 0.1) is 33.8 Å². The van der Waals surface area contributed by atoms with Crippen molar-refractivity contribution < 1.29 is 0 Å². The predicted octanol–water partition coefficient (Wildman–Crippen LogP) is 14.8. The van der Waals surface area contributed by atoms with Crippen LogP contribution in [0.3, 0.4) is 0 Å². The topological polar surface area (TPSA) is 70.2 Å². The van der Waals surface area contributed by atoms with E-state index in [1.54, 1.807) is 12.4 Å². The average Bonchev–Trinajstić information content (AvgIpc) is 4.23. The smallest absolute Gasteiger partial charge is 0.234 e. The average molecular weight is 897 g/mol. The van der Waals surface area contributed by atoms with Gasteiger partial charge in [-0.05, 0) is 58.7 Å². The standard InChI is InChI=1S/C62H40N8/c1-5-15-43(16-6-1)55-51-33-31-50-49(59(51)69(57(55)45-19-9-3-10-20-45)47-27-23-41(24-28-47)53-39-67-37-13-35-63-61(67)65-53)32-34-52-56(44-17-7-2-8-18-44)58(46-21-11-4-12-22-46)70(60(50)52)48-29-25-42(26-30-48)54-40-68-38-14-36-64-62(68)66-54/h1-40H. The number of hydrogen-bond donors (Lipinski definition) is 0. The highest BCUT2D eigenvalue weighted by Gasteiger charge is 2.27. The highest BCUT2D eigenvalue weighted by atomic mass is 15.1. The number of rotatable bonds is 8. The lowest BCUT2D eigenvalue weighted by molar-refractivity contribution is 1.11. The van der Waals surface area contributed by atoms with E-state index in [-0.39, 0.29) is 0 Å². The molecule has 0 saturated carbocycles. The maximum Gasteiger partial charge on any atom is 0.234 e. The minimum atomic E-state index is 0.672. The van der Waals surface area contributed by atoms with Gasteiger partial charge in [-0.1, -0.05) is 170 Å². The summed E-state index contributed by atoms with van der Waals surface area (Å²) in [6.45, 7) is 0. The fourth-order valence-electron chi connectivity index (χ4n) is 10.5. The molecule has 0 atom stereocenters. The van der Waals surface area contributed by atoms with Crippen molar-refractivity contribution in [2.75, 3.05) is 0 Å². The Morgan fingerprint density at radius 2 is 0.657 bits per heavy atom. The van der Waals surface area contributed by atoms with Gasteiger partial charge in [0.25, 0.3) is 0 Å². The van der Waals surface area contributed by atoms with Crippen molar-refractivity contribution in [1.82, 2.24) is 37.9 Å². The number of benzene rings is 8. The van der Waals surface area contributed by atoms with Gasteiger partial charge in [0.1, 0.15) is 0 Å². The molecule has 8 nitrogen and oxygen atoms in total. The monoisotopic (exact) mass is 896 g/mol. The second kappa shape index (κ2) is 16.0. The van der Waals surface area contributed by atoms with Gasteiger partial charge in [-0.15, -0.1) is 0 Å². The molecular weight excluding hydrogens is 857 g/mol. The van der Waals surface area contributed by atoms with Crippen LogP contribution < -0.4 is 0 Å². The van der Waals surface area contributed by atoms with Gasteiger partial charge in [0, 0.05) is 92.4 Å². The van der Waals surface area contributed by atoms with E-state index in [9.17, 15) is 0 Å². The summed E-state index contributed by atoms with van der Waals surface area (Å²) >= 11 is 0. The summed E-state index contributed by atoms with van der Waals surface area (Å²) in [6, 6.07) is 74.2. The minimum absolute atomic E-state index is 0.672. The Bertz CT molecular complexity index is 3900. The van der Waals surface area contributed by atoms with Gasteiger partial charge in [0.2, 0.25) is 11.6 Å². The molecule has 0 amide bonds. The zero-order valence-electron chi connectivity index (χ0n) is 37.7. The predicted molar refractivity (Wildman–Crippen MR) is 283 cm³/mol. The van der Waals surface area contributed by atoms with Crippen molar-refractivity contribution in [3.05, 3.63) is 243 Å².